The van der Waals surface area contributed by atoms with Gasteiger partial charge >= 0.3 is 12.1 Å². The smallest absolute Gasteiger partial charge is 0.407 e. The first kappa shape index (κ1) is 22.3. The highest BCUT2D eigenvalue weighted by Crippen LogP contribution is 2.44. The van der Waals surface area contributed by atoms with Gasteiger partial charge in [-0.3, -0.25) is 9.59 Å². The predicted molar refractivity (Wildman–Crippen MR) is 117 cm³/mol. The Morgan fingerprint density at radius 2 is 1.58 bits per heavy atom. The van der Waals surface area contributed by atoms with E-state index < -0.39 is 12.1 Å². The number of carboxylic acids is 1. The summed E-state index contributed by atoms with van der Waals surface area (Å²) in [5, 5.41) is 13.9. The molecule has 1 aliphatic carbocycles. The number of carboxylic acid groups (broad SMARTS) is 1. The lowest BCUT2D eigenvalue weighted by Gasteiger charge is -2.15. The van der Waals surface area contributed by atoms with Gasteiger partial charge in [0.2, 0.25) is 5.91 Å². The van der Waals surface area contributed by atoms with Crippen LogP contribution >= 0.6 is 0 Å². The Hall–Kier alpha value is -3.35. The number of hydrogen-bond acceptors (Lipinski definition) is 4. The van der Waals surface area contributed by atoms with Crippen LogP contribution in [0.5, 0.6) is 0 Å². The van der Waals surface area contributed by atoms with Crippen molar-refractivity contribution >= 4 is 18.0 Å². The molecule has 0 saturated heterocycles. The van der Waals surface area contributed by atoms with Crippen LogP contribution in [0.25, 0.3) is 11.1 Å². The summed E-state index contributed by atoms with van der Waals surface area (Å²) in [6.45, 7) is 2.57. The number of fused-ring (bicyclic) bond motifs is 3. The van der Waals surface area contributed by atoms with E-state index in [2.05, 4.69) is 34.9 Å². The molecule has 3 N–H and O–H groups in total. The van der Waals surface area contributed by atoms with E-state index in [9.17, 15) is 14.4 Å². The minimum atomic E-state index is -0.944. The van der Waals surface area contributed by atoms with Crippen LogP contribution in [0, 0.1) is 5.92 Å². The number of aliphatic carboxylic acids is 1. The molecule has 7 heteroatoms. The van der Waals surface area contributed by atoms with Gasteiger partial charge in [-0.1, -0.05) is 55.5 Å². The molecule has 0 radical (unpaired) electrons. The highest BCUT2D eigenvalue weighted by atomic mass is 16.5. The van der Waals surface area contributed by atoms with E-state index in [0.717, 1.165) is 0 Å². The predicted octanol–water partition coefficient (Wildman–Crippen LogP) is 3.53. The van der Waals surface area contributed by atoms with Crippen LogP contribution in [-0.4, -0.2) is 42.8 Å². The van der Waals surface area contributed by atoms with Crippen LogP contribution < -0.4 is 10.6 Å². The number of benzene rings is 2. The molecule has 7 nitrogen and oxygen atoms in total. The second-order valence-electron chi connectivity index (χ2n) is 7.73. The molecule has 0 aliphatic heterocycles. The maximum Gasteiger partial charge on any atom is 0.407 e. The zero-order valence-corrected chi connectivity index (χ0v) is 17.6. The largest absolute Gasteiger partial charge is 0.481 e. The Kier molecular flexibility index (Phi) is 7.65. The van der Waals surface area contributed by atoms with Crippen molar-refractivity contribution < 1.29 is 24.2 Å². The first-order valence-electron chi connectivity index (χ1n) is 10.6. The lowest BCUT2D eigenvalue weighted by molar-refractivity contribution is -0.137. The van der Waals surface area contributed by atoms with E-state index in [1.165, 1.54) is 22.3 Å². The first-order valence-corrected chi connectivity index (χ1v) is 10.6. The van der Waals surface area contributed by atoms with Crippen molar-refractivity contribution in [2.45, 2.75) is 32.1 Å². The molecule has 1 unspecified atom stereocenters. The third-order valence-corrected chi connectivity index (χ3v) is 5.51. The summed E-state index contributed by atoms with van der Waals surface area (Å²) in [4.78, 5) is 34.5. The van der Waals surface area contributed by atoms with Gasteiger partial charge in [0.25, 0.3) is 0 Å². The summed E-state index contributed by atoms with van der Waals surface area (Å²) < 4.78 is 5.48. The van der Waals surface area contributed by atoms with Crippen LogP contribution in [0.4, 0.5) is 4.79 Å². The van der Waals surface area contributed by atoms with Crippen molar-refractivity contribution in [1.82, 2.24) is 10.6 Å². The van der Waals surface area contributed by atoms with Gasteiger partial charge in [0.05, 0.1) is 6.42 Å². The van der Waals surface area contributed by atoms with Gasteiger partial charge in [-0.25, -0.2) is 4.79 Å². The molecule has 0 aromatic heterocycles. The van der Waals surface area contributed by atoms with Crippen molar-refractivity contribution in [1.29, 1.82) is 0 Å². The Morgan fingerprint density at radius 3 is 2.19 bits per heavy atom. The fraction of sp³-hybridized carbons (Fsp3) is 0.375. The Morgan fingerprint density at radius 1 is 0.968 bits per heavy atom. The first-order chi connectivity index (χ1) is 15.0. The highest BCUT2D eigenvalue weighted by Gasteiger charge is 2.28. The maximum absolute atomic E-state index is 12.1. The molecule has 164 valence electrons. The van der Waals surface area contributed by atoms with Gasteiger partial charge in [0.1, 0.15) is 6.61 Å². The van der Waals surface area contributed by atoms with Crippen LogP contribution in [0.3, 0.4) is 0 Å². The monoisotopic (exact) mass is 424 g/mol. The zero-order chi connectivity index (χ0) is 22.2. The molecule has 0 fully saturated rings. The molecule has 0 spiro atoms. The van der Waals surface area contributed by atoms with Gasteiger partial charge in [-0.15, -0.1) is 0 Å². The van der Waals surface area contributed by atoms with Crippen LogP contribution in [0.1, 0.15) is 43.2 Å². The number of hydrogen-bond donors (Lipinski definition) is 3. The standard InChI is InChI=1S/C24H28N2O5/c1-16(23(29)25-14-12-22(27)28)7-6-13-26-24(30)31-15-21-19-10-4-2-8-17(19)18-9-3-5-11-20(18)21/h2-5,8-11,16,21H,6-7,12-15H2,1H3,(H,25,29)(H,26,30)(H,27,28). The number of ether oxygens (including phenoxy) is 1. The second kappa shape index (κ2) is 10.6. The molecular formula is C24H28N2O5. The van der Waals surface area contributed by atoms with Crippen molar-refractivity contribution in [3.8, 4) is 11.1 Å². The van der Waals surface area contributed by atoms with Crippen molar-refractivity contribution in [3.63, 3.8) is 0 Å². The number of rotatable bonds is 10. The lowest BCUT2D eigenvalue weighted by Crippen LogP contribution is -2.32. The normalized spacial score (nSPS) is 13.1. The summed E-state index contributed by atoms with van der Waals surface area (Å²) >= 11 is 0. The van der Waals surface area contributed by atoms with E-state index in [1.54, 1.807) is 6.92 Å². The van der Waals surface area contributed by atoms with Gasteiger partial charge in [-0.2, -0.15) is 0 Å². The minimum absolute atomic E-state index is 0.0210. The summed E-state index contributed by atoms with van der Waals surface area (Å²) in [6, 6.07) is 16.3. The minimum Gasteiger partial charge on any atom is -0.481 e. The zero-order valence-electron chi connectivity index (χ0n) is 17.6. The number of alkyl carbamates (subject to hydrolysis) is 1. The third kappa shape index (κ3) is 5.84. The van der Waals surface area contributed by atoms with E-state index in [0.29, 0.717) is 19.4 Å². The molecule has 2 amide bonds. The fourth-order valence-electron chi connectivity index (χ4n) is 3.85. The number of carbonyl (C=O) groups excluding carboxylic acids is 2. The van der Waals surface area contributed by atoms with E-state index in [4.69, 9.17) is 9.84 Å². The van der Waals surface area contributed by atoms with Crippen molar-refractivity contribution in [2.24, 2.45) is 5.92 Å². The molecule has 0 heterocycles. The molecule has 0 bridgehead atoms. The summed E-state index contributed by atoms with van der Waals surface area (Å²) in [5.74, 6) is -1.35. The Balaban J connectivity index is 1.39. The SMILES string of the molecule is CC(CCCNC(=O)OCC1c2ccccc2-c2ccccc21)C(=O)NCCC(=O)O. The van der Waals surface area contributed by atoms with Crippen LogP contribution in [0.15, 0.2) is 48.5 Å². The van der Waals surface area contributed by atoms with E-state index in [1.807, 2.05) is 24.3 Å². The second-order valence-corrected chi connectivity index (χ2v) is 7.73. The average molecular weight is 424 g/mol. The molecule has 3 rings (SSSR count). The quantitative estimate of drug-likeness (QED) is 0.506. The van der Waals surface area contributed by atoms with Gasteiger partial charge < -0.3 is 20.5 Å². The molecule has 1 aliphatic rings. The lowest BCUT2D eigenvalue weighted by atomic mass is 9.98. The molecule has 2 aromatic rings. The molecule has 0 saturated carbocycles. The third-order valence-electron chi connectivity index (χ3n) is 5.51. The van der Waals surface area contributed by atoms with Crippen molar-refractivity contribution in [3.05, 3.63) is 59.7 Å². The van der Waals surface area contributed by atoms with Gasteiger partial charge in [-0.05, 0) is 35.1 Å². The number of amides is 2. The highest BCUT2D eigenvalue weighted by molar-refractivity contribution is 5.79. The van der Waals surface area contributed by atoms with Crippen LogP contribution in [0.2, 0.25) is 0 Å². The molecule has 2 aromatic carbocycles. The topological polar surface area (TPSA) is 105 Å². The molecule has 1 atom stereocenters. The average Bonchev–Trinajstić information content (AvgIpc) is 3.08. The number of carbonyl (C=O) groups is 3. The summed E-state index contributed by atoms with van der Waals surface area (Å²) in [6.07, 6.45) is 0.641. The Bertz CT molecular complexity index is 898. The molecule has 31 heavy (non-hydrogen) atoms. The van der Waals surface area contributed by atoms with Crippen LogP contribution in [-0.2, 0) is 14.3 Å². The number of nitrogens with one attached hydrogen (secondary N) is 2. The van der Waals surface area contributed by atoms with Crippen molar-refractivity contribution in [2.75, 3.05) is 19.7 Å². The maximum atomic E-state index is 12.1. The summed E-state index contributed by atoms with van der Waals surface area (Å²) in [7, 11) is 0. The van der Waals surface area contributed by atoms with Gasteiger partial charge in [0.15, 0.2) is 0 Å². The molecular weight excluding hydrogens is 396 g/mol. The summed E-state index contributed by atoms with van der Waals surface area (Å²) in [5.41, 5.74) is 4.70. The fourth-order valence-corrected chi connectivity index (χ4v) is 3.85. The van der Waals surface area contributed by atoms with Gasteiger partial charge in [0, 0.05) is 24.9 Å². The van der Waals surface area contributed by atoms with E-state index >= 15 is 0 Å². The Labute approximate surface area is 181 Å². The van der Waals surface area contributed by atoms with E-state index in [-0.39, 0.29) is 37.3 Å².